The van der Waals surface area contributed by atoms with Crippen LogP contribution in [-0.2, 0) is 9.59 Å². The number of methoxy groups -OCH3 is 2. The zero-order valence-corrected chi connectivity index (χ0v) is 15.0. The highest BCUT2D eigenvalue weighted by atomic mass is 35.5. The van der Waals surface area contributed by atoms with Crippen LogP contribution in [0.2, 0.25) is 5.02 Å². The maximum atomic E-state index is 12.3. The third kappa shape index (κ3) is 4.87. The number of nitrogens with zero attached hydrogens (tertiary/aromatic N) is 1. The van der Waals surface area contributed by atoms with Gasteiger partial charge in [0.05, 0.1) is 19.9 Å². The fraction of sp³-hybridized carbons (Fsp3) is 0.222. The number of carbonyl (C=O) groups is 2. The highest BCUT2D eigenvalue weighted by molar-refractivity contribution is 6.31. The molecular formula is C18H19ClN2O4. The summed E-state index contributed by atoms with van der Waals surface area (Å²) in [6, 6.07) is 11.8. The fourth-order valence-electron chi connectivity index (χ4n) is 2.26. The molecule has 0 bridgehead atoms. The molecule has 7 heteroatoms. The van der Waals surface area contributed by atoms with Gasteiger partial charge in [-0.25, -0.2) is 0 Å². The summed E-state index contributed by atoms with van der Waals surface area (Å²) >= 11 is 6.01. The average Bonchev–Trinajstić information content (AvgIpc) is 2.60. The number of ether oxygens (including phenoxy) is 2. The summed E-state index contributed by atoms with van der Waals surface area (Å²) in [6.45, 7) is 1.21. The van der Waals surface area contributed by atoms with Gasteiger partial charge in [0, 0.05) is 17.6 Å². The summed E-state index contributed by atoms with van der Waals surface area (Å²) in [5.41, 5.74) is 1.04. The first-order chi connectivity index (χ1) is 11.9. The normalized spacial score (nSPS) is 10.1. The second-order valence-corrected chi connectivity index (χ2v) is 5.63. The van der Waals surface area contributed by atoms with Gasteiger partial charge in [-0.1, -0.05) is 11.6 Å². The summed E-state index contributed by atoms with van der Waals surface area (Å²) in [7, 11) is 3.05. The SMILES string of the molecule is COc1ccc(NC(=O)CN(C(C)=O)c2cc(Cl)ccc2OC)cc1. The molecule has 2 rings (SSSR count). The molecule has 0 aromatic heterocycles. The van der Waals surface area contributed by atoms with Gasteiger partial charge in [0.25, 0.3) is 0 Å². The van der Waals surface area contributed by atoms with Crippen molar-refractivity contribution in [3.8, 4) is 11.5 Å². The predicted molar refractivity (Wildman–Crippen MR) is 97.7 cm³/mol. The first kappa shape index (κ1) is 18.6. The van der Waals surface area contributed by atoms with Gasteiger partial charge in [-0.05, 0) is 42.5 Å². The van der Waals surface area contributed by atoms with Gasteiger partial charge in [-0.3, -0.25) is 14.5 Å². The van der Waals surface area contributed by atoms with Gasteiger partial charge >= 0.3 is 0 Å². The Bertz CT molecular complexity index is 762. The number of nitrogens with one attached hydrogen (secondary N) is 1. The molecule has 0 fully saturated rings. The smallest absolute Gasteiger partial charge is 0.244 e. The Morgan fingerprint density at radius 3 is 2.32 bits per heavy atom. The van der Waals surface area contributed by atoms with Crippen LogP contribution >= 0.6 is 11.6 Å². The zero-order chi connectivity index (χ0) is 18.4. The average molecular weight is 363 g/mol. The molecule has 2 aromatic carbocycles. The quantitative estimate of drug-likeness (QED) is 0.855. The summed E-state index contributed by atoms with van der Waals surface area (Å²) < 4.78 is 10.3. The molecule has 0 aliphatic rings. The van der Waals surface area contributed by atoms with E-state index in [1.807, 2.05) is 0 Å². The summed E-state index contributed by atoms with van der Waals surface area (Å²) in [5, 5.41) is 3.18. The van der Waals surface area contributed by atoms with Crippen molar-refractivity contribution in [2.24, 2.45) is 0 Å². The van der Waals surface area contributed by atoms with Crippen molar-refractivity contribution in [2.45, 2.75) is 6.92 Å². The number of anilines is 2. The van der Waals surface area contributed by atoms with Crippen LogP contribution in [0.25, 0.3) is 0 Å². The van der Waals surface area contributed by atoms with Gasteiger partial charge in [-0.2, -0.15) is 0 Å². The Hall–Kier alpha value is -2.73. The largest absolute Gasteiger partial charge is 0.497 e. The minimum Gasteiger partial charge on any atom is -0.497 e. The number of amides is 2. The van der Waals surface area contributed by atoms with Crippen molar-refractivity contribution < 1.29 is 19.1 Å². The molecular weight excluding hydrogens is 344 g/mol. The monoisotopic (exact) mass is 362 g/mol. The van der Waals surface area contributed by atoms with E-state index in [1.165, 1.54) is 18.9 Å². The summed E-state index contributed by atoms with van der Waals surface area (Å²) in [6.07, 6.45) is 0. The van der Waals surface area contributed by atoms with Gasteiger partial charge in [0.15, 0.2) is 0 Å². The molecule has 0 atom stereocenters. The Labute approximate surface area is 151 Å². The van der Waals surface area contributed by atoms with Crippen LogP contribution in [0.5, 0.6) is 11.5 Å². The molecule has 0 aliphatic carbocycles. The van der Waals surface area contributed by atoms with Crippen molar-refractivity contribution in [1.82, 2.24) is 0 Å². The molecule has 2 amide bonds. The topological polar surface area (TPSA) is 67.9 Å². The molecule has 25 heavy (non-hydrogen) atoms. The second-order valence-electron chi connectivity index (χ2n) is 5.20. The molecule has 0 radical (unpaired) electrons. The number of rotatable bonds is 6. The van der Waals surface area contributed by atoms with Crippen molar-refractivity contribution in [3.63, 3.8) is 0 Å². The number of carbonyl (C=O) groups excluding carboxylic acids is 2. The van der Waals surface area contributed by atoms with E-state index in [2.05, 4.69) is 5.32 Å². The van der Waals surface area contributed by atoms with Crippen LogP contribution in [0.1, 0.15) is 6.92 Å². The lowest BCUT2D eigenvalue weighted by Crippen LogP contribution is -2.36. The van der Waals surface area contributed by atoms with Gasteiger partial charge < -0.3 is 14.8 Å². The standard InChI is InChI=1S/C18H19ClN2O4/c1-12(22)21(16-10-13(19)4-9-17(16)25-3)11-18(23)20-14-5-7-15(24-2)8-6-14/h4-10H,11H2,1-3H3,(H,20,23). The number of hydrogen-bond donors (Lipinski definition) is 1. The van der Waals surface area contributed by atoms with E-state index in [9.17, 15) is 9.59 Å². The predicted octanol–water partition coefficient (Wildman–Crippen LogP) is 3.35. The van der Waals surface area contributed by atoms with E-state index in [0.717, 1.165) is 0 Å². The van der Waals surface area contributed by atoms with Crippen molar-refractivity contribution in [2.75, 3.05) is 31.0 Å². The van der Waals surface area contributed by atoms with Crippen molar-refractivity contribution >= 4 is 34.8 Å². The van der Waals surface area contributed by atoms with Crippen LogP contribution in [0.15, 0.2) is 42.5 Å². The highest BCUT2D eigenvalue weighted by Gasteiger charge is 2.20. The van der Waals surface area contributed by atoms with E-state index in [4.69, 9.17) is 21.1 Å². The van der Waals surface area contributed by atoms with Crippen LogP contribution in [-0.4, -0.2) is 32.6 Å². The van der Waals surface area contributed by atoms with E-state index in [0.29, 0.717) is 27.9 Å². The van der Waals surface area contributed by atoms with E-state index < -0.39 is 0 Å². The summed E-state index contributed by atoms with van der Waals surface area (Å²) in [5.74, 6) is 0.497. The fourth-order valence-corrected chi connectivity index (χ4v) is 2.43. The highest BCUT2D eigenvalue weighted by Crippen LogP contribution is 2.31. The lowest BCUT2D eigenvalue weighted by molar-refractivity contribution is -0.120. The van der Waals surface area contributed by atoms with E-state index in [-0.39, 0.29) is 18.4 Å². The Morgan fingerprint density at radius 1 is 1.08 bits per heavy atom. The number of halogens is 1. The Balaban J connectivity index is 2.17. The Kier molecular flexibility index (Phi) is 6.25. The van der Waals surface area contributed by atoms with E-state index >= 15 is 0 Å². The van der Waals surface area contributed by atoms with Gasteiger partial charge in [0.2, 0.25) is 11.8 Å². The molecule has 0 saturated heterocycles. The lowest BCUT2D eigenvalue weighted by atomic mass is 10.2. The maximum absolute atomic E-state index is 12.3. The Morgan fingerprint density at radius 2 is 1.76 bits per heavy atom. The molecule has 0 heterocycles. The summed E-state index contributed by atoms with van der Waals surface area (Å²) in [4.78, 5) is 25.7. The molecule has 0 spiro atoms. The van der Waals surface area contributed by atoms with Crippen LogP contribution in [0, 0.1) is 0 Å². The van der Waals surface area contributed by atoms with Crippen molar-refractivity contribution in [1.29, 1.82) is 0 Å². The van der Waals surface area contributed by atoms with Crippen LogP contribution in [0.3, 0.4) is 0 Å². The van der Waals surface area contributed by atoms with E-state index in [1.54, 1.807) is 49.6 Å². The number of hydrogen-bond acceptors (Lipinski definition) is 4. The minimum atomic E-state index is -0.345. The third-order valence-electron chi connectivity index (χ3n) is 3.49. The molecule has 6 nitrogen and oxygen atoms in total. The molecule has 0 unspecified atom stereocenters. The molecule has 132 valence electrons. The van der Waals surface area contributed by atoms with Crippen molar-refractivity contribution in [3.05, 3.63) is 47.5 Å². The lowest BCUT2D eigenvalue weighted by Gasteiger charge is -2.23. The van der Waals surface area contributed by atoms with Gasteiger partial charge in [0.1, 0.15) is 18.0 Å². The first-order valence-electron chi connectivity index (χ1n) is 7.50. The van der Waals surface area contributed by atoms with Crippen LogP contribution in [0.4, 0.5) is 11.4 Å². The number of benzene rings is 2. The first-order valence-corrected chi connectivity index (χ1v) is 7.88. The van der Waals surface area contributed by atoms with Crippen LogP contribution < -0.4 is 19.7 Å². The second kappa shape index (κ2) is 8.39. The molecule has 2 aromatic rings. The zero-order valence-electron chi connectivity index (χ0n) is 14.2. The molecule has 1 N–H and O–H groups in total. The van der Waals surface area contributed by atoms with Gasteiger partial charge in [-0.15, -0.1) is 0 Å². The molecule has 0 aliphatic heterocycles. The maximum Gasteiger partial charge on any atom is 0.244 e. The third-order valence-corrected chi connectivity index (χ3v) is 3.72. The molecule has 0 saturated carbocycles. The minimum absolute atomic E-state index is 0.169.